The average Bonchev–Trinajstić information content (AvgIpc) is 2.56. The van der Waals surface area contributed by atoms with Gasteiger partial charge in [0.05, 0.1) is 11.7 Å². The first kappa shape index (κ1) is 6.47. The van der Waals surface area contributed by atoms with E-state index < -0.39 is 0 Å². The Morgan fingerprint density at radius 2 is 1.92 bits per heavy atom. The molecular weight excluding hydrogens is 166 g/mol. The maximum Gasteiger partial charge on any atom is 0.158 e. The first-order chi connectivity index (χ1) is 6.45. The van der Waals surface area contributed by atoms with E-state index in [1.807, 2.05) is 0 Å². The molecule has 3 heterocycles. The average molecular weight is 171 g/mol. The molecule has 0 amide bonds. The summed E-state index contributed by atoms with van der Waals surface area (Å²) in [5, 5.41) is 0. The standard InChI is InChI=1S/C8H5N5/c1-2-11-8-7(10-1)6-5(13-8)3-9-4-12-6/h1-4H,(H,11,13). The number of H-pyrrole nitrogens is 1. The number of nitrogens with zero attached hydrogens (tertiary/aromatic N) is 4. The molecule has 0 radical (unpaired) electrons. The number of hydrogen-bond donors (Lipinski definition) is 1. The molecule has 0 fully saturated rings. The Balaban J connectivity index is 2.64. The molecule has 0 aliphatic rings. The highest BCUT2D eigenvalue weighted by atomic mass is 15.0. The van der Waals surface area contributed by atoms with Crippen LogP contribution in [0.1, 0.15) is 0 Å². The van der Waals surface area contributed by atoms with Crippen LogP contribution in [0, 0.1) is 0 Å². The molecule has 0 aliphatic heterocycles. The van der Waals surface area contributed by atoms with Gasteiger partial charge in [0.25, 0.3) is 0 Å². The summed E-state index contributed by atoms with van der Waals surface area (Å²) in [5.41, 5.74) is 3.22. The van der Waals surface area contributed by atoms with Crippen molar-refractivity contribution in [3.63, 3.8) is 0 Å². The van der Waals surface area contributed by atoms with Gasteiger partial charge in [-0.15, -0.1) is 0 Å². The van der Waals surface area contributed by atoms with Gasteiger partial charge in [0.2, 0.25) is 0 Å². The predicted molar refractivity (Wildman–Crippen MR) is 47.0 cm³/mol. The molecule has 0 bridgehead atoms. The van der Waals surface area contributed by atoms with E-state index in [4.69, 9.17) is 0 Å². The molecule has 1 N–H and O–H groups in total. The maximum atomic E-state index is 4.19. The van der Waals surface area contributed by atoms with E-state index in [0.29, 0.717) is 0 Å². The molecule has 62 valence electrons. The highest BCUT2D eigenvalue weighted by Crippen LogP contribution is 2.17. The summed E-state index contributed by atoms with van der Waals surface area (Å²) in [7, 11) is 0. The zero-order valence-electron chi connectivity index (χ0n) is 6.60. The van der Waals surface area contributed by atoms with Gasteiger partial charge in [0.1, 0.15) is 17.4 Å². The second-order valence-corrected chi connectivity index (χ2v) is 2.66. The summed E-state index contributed by atoms with van der Waals surface area (Å²) in [6, 6.07) is 0. The monoisotopic (exact) mass is 171 g/mol. The molecule has 0 saturated heterocycles. The van der Waals surface area contributed by atoms with Gasteiger partial charge in [-0.3, -0.25) is 0 Å². The Bertz CT molecular complexity index is 520. The Morgan fingerprint density at radius 1 is 1.00 bits per heavy atom. The lowest BCUT2D eigenvalue weighted by Gasteiger charge is -1.85. The van der Waals surface area contributed by atoms with Crippen molar-refractivity contribution in [1.82, 2.24) is 24.9 Å². The number of fused-ring (bicyclic) bond motifs is 3. The number of nitrogens with one attached hydrogen (secondary N) is 1. The Morgan fingerprint density at radius 3 is 2.92 bits per heavy atom. The van der Waals surface area contributed by atoms with Crippen LogP contribution in [-0.4, -0.2) is 24.9 Å². The number of aromatic nitrogens is 5. The van der Waals surface area contributed by atoms with Crippen LogP contribution >= 0.6 is 0 Å². The molecule has 0 aromatic carbocycles. The molecule has 0 aliphatic carbocycles. The predicted octanol–water partition coefficient (Wildman–Crippen LogP) is 0.901. The van der Waals surface area contributed by atoms with Gasteiger partial charge in [0, 0.05) is 12.4 Å². The molecule has 0 saturated carbocycles. The van der Waals surface area contributed by atoms with E-state index in [-0.39, 0.29) is 0 Å². The van der Waals surface area contributed by atoms with Crippen LogP contribution in [0.3, 0.4) is 0 Å². The smallest absolute Gasteiger partial charge is 0.158 e. The first-order valence-electron chi connectivity index (χ1n) is 3.83. The molecular formula is C8H5N5. The third-order valence-electron chi connectivity index (χ3n) is 1.89. The second-order valence-electron chi connectivity index (χ2n) is 2.66. The van der Waals surface area contributed by atoms with Gasteiger partial charge in [-0.1, -0.05) is 0 Å². The van der Waals surface area contributed by atoms with Gasteiger partial charge >= 0.3 is 0 Å². The van der Waals surface area contributed by atoms with E-state index in [2.05, 4.69) is 24.9 Å². The van der Waals surface area contributed by atoms with Crippen LogP contribution in [0.2, 0.25) is 0 Å². The van der Waals surface area contributed by atoms with Crippen molar-refractivity contribution in [1.29, 1.82) is 0 Å². The van der Waals surface area contributed by atoms with Crippen LogP contribution in [0.15, 0.2) is 24.9 Å². The maximum absolute atomic E-state index is 4.19. The van der Waals surface area contributed by atoms with Crippen molar-refractivity contribution in [2.75, 3.05) is 0 Å². The van der Waals surface area contributed by atoms with Crippen molar-refractivity contribution in [3.8, 4) is 0 Å². The third-order valence-corrected chi connectivity index (χ3v) is 1.89. The number of hydrogen-bond acceptors (Lipinski definition) is 4. The quantitative estimate of drug-likeness (QED) is 0.545. The summed E-state index contributed by atoms with van der Waals surface area (Å²) < 4.78 is 0. The third kappa shape index (κ3) is 0.807. The van der Waals surface area contributed by atoms with E-state index in [1.165, 1.54) is 6.33 Å². The highest BCUT2D eigenvalue weighted by molar-refractivity contribution is 5.99. The van der Waals surface area contributed by atoms with Crippen molar-refractivity contribution >= 4 is 22.2 Å². The minimum atomic E-state index is 0.748. The fourth-order valence-corrected chi connectivity index (χ4v) is 1.34. The molecule has 5 heteroatoms. The van der Waals surface area contributed by atoms with Crippen molar-refractivity contribution in [2.45, 2.75) is 0 Å². The molecule has 13 heavy (non-hydrogen) atoms. The zero-order valence-corrected chi connectivity index (χ0v) is 6.60. The normalized spacial score (nSPS) is 11.1. The SMILES string of the molecule is c1cnc2c(n1)[nH]c1cncnc12. The van der Waals surface area contributed by atoms with Gasteiger partial charge < -0.3 is 4.98 Å². The fraction of sp³-hybridized carbons (Fsp3) is 0. The minimum absolute atomic E-state index is 0.748. The second kappa shape index (κ2) is 2.22. The summed E-state index contributed by atoms with van der Waals surface area (Å²) >= 11 is 0. The molecule has 5 nitrogen and oxygen atoms in total. The molecule has 3 rings (SSSR count). The minimum Gasteiger partial charge on any atom is -0.335 e. The van der Waals surface area contributed by atoms with Crippen molar-refractivity contribution in [2.24, 2.45) is 0 Å². The van der Waals surface area contributed by atoms with Crippen molar-refractivity contribution in [3.05, 3.63) is 24.9 Å². The largest absolute Gasteiger partial charge is 0.335 e. The van der Waals surface area contributed by atoms with Crippen LogP contribution in [0.25, 0.3) is 22.2 Å². The van der Waals surface area contributed by atoms with Gasteiger partial charge in [0.15, 0.2) is 5.65 Å². The lowest BCUT2D eigenvalue weighted by molar-refractivity contribution is 1.22. The molecule has 3 aromatic rings. The number of rotatable bonds is 0. The Labute approximate surface area is 72.9 Å². The summed E-state index contributed by atoms with van der Waals surface area (Å²) in [5.74, 6) is 0. The summed E-state index contributed by atoms with van der Waals surface area (Å²) in [6.45, 7) is 0. The summed E-state index contributed by atoms with van der Waals surface area (Å²) in [4.78, 5) is 19.4. The van der Waals surface area contributed by atoms with Crippen LogP contribution in [0.4, 0.5) is 0 Å². The number of aromatic amines is 1. The molecule has 0 unspecified atom stereocenters. The van der Waals surface area contributed by atoms with Crippen LogP contribution < -0.4 is 0 Å². The lowest BCUT2D eigenvalue weighted by atomic mass is 10.4. The van der Waals surface area contributed by atoms with Gasteiger partial charge in [-0.25, -0.2) is 19.9 Å². The lowest BCUT2D eigenvalue weighted by Crippen LogP contribution is -1.78. The topological polar surface area (TPSA) is 67.3 Å². The Kier molecular flexibility index (Phi) is 1.11. The fourth-order valence-electron chi connectivity index (χ4n) is 1.34. The van der Waals surface area contributed by atoms with E-state index in [0.717, 1.165) is 22.2 Å². The van der Waals surface area contributed by atoms with Crippen molar-refractivity contribution < 1.29 is 0 Å². The summed E-state index contributed by atoms with van der Waals surface area (Å²) in [6.07, 6.45) is 6.51. The van der Waals surface area contributed by atoms with Gasteiger partial charge in [-0.2, -0.15) is 0 Å². The highest BCUT2D eigenvalue weighted by Gasteiger charge is 2.05. The van der Waals surface area contributed by atoms with E-state index in [1.54, 1.807) is 18.6 Å². The van der Waals surface area contributed by atoms with Crippen LogP contribution in [-0.2, 0) is 0 Å². The Hall–Kier alpha value is -2.04. The molecule has 3 aromatic heterocycles. The van der Waals surface area contributed by atoms with E-state index in [9.17, 15) is 0 Å². The molecule has 0 spiro atoms. The first-order valence-corrected chi connectivity index (χ1v) is 3.83. The molecule has 0 atom stereocenters. The zero-order chi connectivity index (χ0) is 8.67. The van der Waals surface area contributed by atoms with Crippen LogP contribution in [0.5, 0.6) is 0 Å². The van der Waals surface area contributed by atoms with E-state index >= 15 is 0 Å². The van der Waals surface area contributed by atoms with Gasteiger partial charge in [-0.05, 0) is 0 Å².